The zero-order valence-corrected chi connectivity index (χ0v) is 20.0. The van der Waals surface area contributed by atoms with E-state index in [1.165, 1.54) is 13.1 Å². The molecule has 1 aliphatic heterocycles. The highest BCUT2D eigenvalue weighted by Crippen LogP contribution is 2.37. The standard InChI is InChI=1S/C25H26N4O4.CH5N/c1-3-23(31)27-14-19-11-12-26-25-20(15-30)24(28-29(19)25)18-9-10-21(22(13-18)32-2)33-16-17-7-5-4-6-8-17;1-2/h3-10,13,15,19,26H,1,11-12,14,16H2,2H3,(H,27,31);2H2,1H3. The molecule has 2 aromatic carbocycles. The number of carbonyl (C=O) groups excluding carboxylic acids is 2. The predicted molar refractivity (Wildman–Crippen MR) is 136 cm³/mol. The van der Waals surface area contributed by atoms with Gasteiger partial charge in [-0.1, -0.05) is 36.9 Å². The number of nitrogens with two attached hydrogens (primary N) is 1. The first kappa shape index (κ1) is 25.5. The molecule has 184 valence electrons. The maximum atomic E-state index is 12.0. The summed E-state index contributed by atoms with van der Waals surface area (Å²) in [5.41, 5.74) is 7.30. The molecule has 4 N–H and O–H groups in total. The number of aromatic nitrogens is 2. The molecule has 9 nitrogen and oxygen atoms in total. The zero-order chi connectivity index (χ0) is 25.2. The molecule has 0 radical (unpaired) electrons. The average Bonchev–Trinajstić information content (AvgIpc) is 3.31. The van der Waals surface area contributed by atoms with Gasteiger partial charge >= 0.3 is 0 Å². The molecule has 35 heavy (non-hydrogen) atoms. The summed E-state index contributed by atoms with van der Waals surface area (Å²) in [6.07, 6.45) is 2.80. The number of fused-ring (bicyclic) bond motifs is 1. The molecule has 0 bridgehead atoms. The van der Waals surface area contributed by atoms with Crippen molar-refractivity contribution in [2.75, 3.05) is 32.6 Å². The number of nitrogens with zero attached hydrogens (tertiary/aromatic N) is 2. The van der Waals surface area contributed by atoms with Crippen LogP contribution >= 0.6 is 0 Å². The summed E-state index contributed by atoms with van der Waals surface area (Å²) >= 11 is 0. The van der Waals surface area contributed by atoms with Crippen LogP contribution in [-0.2, 0) is 11.4 Å². The van der Waals surface area contributed by atoms with Crippen molar-refractivity contribution in [2.24, 2.45) is 5.73 Å². The van der Waals surface area contributed by atoms with Crippen LogP contribution in [-0.4, -0.2) is 49.2 Å². The van der Waals surface area contributed by atoms with Crippen LogP contribution in [0.5, 0.6) is 11.5 Å². The monoisotopic (exact) mass is 477 g/mol. The van der Waals surface area contributed by atoms with Crippen molar-refractivity contribution < 1.29 is 19.1 Å². The number of amides is 1. The number of methoxy groups -OCH3 is 1. The average molecular weight is 478 g/mol. The normalized spacial score (nSPS) is 13.9. The number of anilines is 1. The van der Waals surface area contributed by atoms with Crippen LogP contribution in [0.2, 0.25) is 0 Å². The van der Waals surface area contributed by atoms with E-state index in [1.54, 1.807) is 11.8 Å². The van der Waals surface area contributed by atoms with Gasteiger partial charge in [-0.15, -0.1) is 0 Å². The number of nitrogens with one attached hydrogen (secondary N) is 2. The molecule has 9 heteroatoms. The Morgan fingerprint density at radius 3 is 2.71 bits per heavy atom. The van der Waals surface area contributed by atoms with Crippen molar-refractivity contribution in [1.29, 1.82) is 0 Å². The highest BCUT2D eigenvalue weighted by atomic mass is 16.5. The van der Waals surface area contributed by atoms with Crippen LogP contribution in [0.25, 0.3) is 11.3 Å². The van der Waals surface area contributed by atoms with E-state index in [0.717, 1.165) is 23.8 Å². The third kappa shape index (κ3) is 5.88. The molecule has 0 saturated heterocycles. The highest BCUT2D eigenvalue weighted by Gasteiger charge is 2.27. The Hall–Kier alpha value is -4.11. The van der Waals surface area contributed by atoms with Crippen LogP contribution in [0.4, 0.5) is 5.82 Å². The van der Waals surface area contributed by atoms with Gasteiger partial charge in [0.2, 0.25) is 5.91 Å². The number of benzene rings is 2. The topological polar surface area (TPSA) is 121 Å². The van der Waals surface area contributed by atoms with Crippen molar-refractivity contribution in [2.45, 2.75) is 19.1 Å². The minimum absolute atomic E-state index is 0.0759. The van der Waals surface area contributed by atoms with Crippen LogP contribution in [0.15, 0.2) is 61.2 Å². The van der Waals surface area contributed by atoms with Crippen LogP contribution in [0.1, 0.15) is 28.4 Å². The molecule has 0 aliphatic carbocycles. The first-order valence-electron chi connectivity index (χ1n) is 11.3. The Kier molecular flexibility index (Phi) is 9.02. The zero-order valence-electron chi connectivity index (χ0n) is 20.0. The number of rotatable bonds is 9. The highest BCUT2D eigenvalue weighted by molar-refractivity contribution is 5.93. The molecule has 0 spiro atoms. The van der Waals surface area contributed by atoms with Gasteiger partial charge in [-0.05, 0) is 43.3 Å². The molecule has 1 atom stereocenters. The van der Waals surface area contributed by atoms with Crippen molar-refractivity contribution in [3.63, 3.8) is 0 Å². The number of carbonyl (C=O) groups is 2. The van der Waals surface area contributed by atoms with Gasteiger partial charge in [0.25, 0.3) is 0 Å². The molecule has 1 unspecified atom stereocenters. The Morgan fingerprint density at radius 1 is 1.26 bits per heavy atom. The summed E-state index contributed by atoms with van der Waals surface area (Å²) in [5, 5.41) is 10.8. The lowest BCUT2D eigenvalue weighted by atomic mass is 10.1. The van der Waals surface area contributed by atoms with Gasteiger partial charge in [-0.25, -0.2) is 4.68 Å². The van der Waals surface area contributed by atoms with E-state index in [9.17, 15) is 9.59 Å². The van der Waals surface area contributed by atoms with Crippen LogP contribution in [0.3, 0.4) is 0 Å². The van der Waals surface area contributed by atoms with Gasteiger partial charge in [-0.2, -0.15) is 5.10 Å². The maximum Gasteiger partial charge on any atom is 0.243 e. The lowest BCUT2D eigenvalue weighted by Gasteiger charge is -2.25. The second kappa shape index (κ2) is 12.4. The molecule has 4 rings (SSSR count). The van der Waals surface area contributed by atoms with Gasteiger partial charge in [0.15, 0.2) is 17.8 Å². The van der Waals surface area contributed by atoms with E-state index in [0.29, 0.717) is 48.3 Å². The lowest BCUT2D eigenvalue weighted by Crippen LogP contribution is -2.34. The predicted octanol–water partition coefficient (Wildman–Crippen LogP) is 3.18. The van der Waals surface area contributed by atoms with Gasteiger partial charge < -0.3 is 25.8 Å². The first-order chi connectivity index (χ1) is 17.1. The molecule has 0 saturated carbocycles. The molecule has 1 amide bonds. The minimum Gasteiger partial charge on any atom is -0.493 e. The van der Waals surface area contributed by atoms with E-state index in [-0.39, 0.29) is 11.9 Å². The second-order valence-corrected chi connectivity index (χ2v) is 7.63. The second-order valence-electron chi connectivity index (χ2n) is 7.63. The van der Waals surface area contributed by atoms with E-state index in [4.69, 9.17) is 14.6 Å². The third-order valence-electron chi connectivity index (χ3n) is 5.55. The minimum atomic E-state index is -0.242. The maximum absolute atomic E-state index is 12.0. The summed E-state index contributed by atoms with van der Waals surface area (Å²) in [4.78, 5) is 23.6. The van der Waals surface area contributed by atoms with Crippen LogP contribution in [0, 0.1) is 0 Å². The third-order valence-corrected chi connectivity index (χ3v) is 5.55. The number of hydrogen-bond donors (Lipinski definition) is 3. The molecule has 1 aliphatic rings. The summed E-state index contributed by atoms with van der Waals surface area (Å²) in [6.45, 7) is 4.97. The van der Waals surface area contributed by atoms with Crippen LogP contribution < -0.4 is 25.8 Å². The fourth-order valence-corrected chi connectivity index (χ4v) is 3.84. The lowest BCUT2D eigenvalue weighted by molar-refractivity contribution is -0.116. The van der Waals surface area contributed by atoms with E-state index in [1.807, 2.05) is 48.5 Å². The Labute approximate surface area is 204 Å². The molecule has 3 aromatic rings. The van der Waals surface area contributed by atoms with Gasteiger partial charge in [-0.3, -0.25) is 9.59 Å². The Bertz CT molecular complexity index is 1160. The Morgan fingerprint density at radius 2 is 2.03 bits per heavy atom. The van der Waals surface area contributed by atoms with Crippen molar-refractivity contribution in [1.82, 2.24) is 15.1 Å². The largest absolute Gasteiger partial charge is 0.493 e. The summed E-state index contributed by atoms with van der Waals surface area (Å²) in [6, 6.07) is 15.3. The van der Waals surface area contributed by atoms with E-state index < -0.39 is 0 Å². The molecule has 0 fully saturated rings. The van der Waals surface area contributed by atoms with Crippen molar-refractivity contribution in [3.05, 3.63) is 72.3 Å². The number of aldehydes is 1. The fraction of sp³-hybridized carbons (Fsp3) is 0.269. The smallest absolute Gasteiger partial charge is 0.243 e. The van der Waals surface area contributed by atoms with E-state index in [2.05, 4.69) is 22.9 Å². The SMILES string of the molecule is C=CC(=O)NCC1CCNc2c(C=O)c(-c3ccc(OCc4ccccc4)c(OC)c3)nn21.CN. The molecule has 1 aromatic heterocycles. The quantitative estimate of drug-likeness (QED) is 0.320. The van der Waals surface area contributed by atoms with Gasteiger partial charge in [0.1, 0.15) is 18.1 Å². The first-order valence-corrected chi connectivity index (χ1v) is 11.3. The van der Waals surface area contributed by atoms with Crippen molar-refractivity contribution >= 4 is 18.0 Å². The van der Waals surface area contributed by atoms with Gasteiger partial charge in [0, 0.05) is 18.7 Å². The molecule has 2 heterocycles. The summed E-state index contributed by atoms with van der Waals surface area (Å²) in [5.74, 6) is 1.56. The summed E-state index contributed by atoms with van der Waals surface area (Å²) in [7, 11) is 3.08. The Balaban J connectivity index is 0.00000167. The van der Waals surface area contributed by atoms with Crippen molar-refractivity contribution in [3.8, 4) is 22.8 Å². The fourth-order valence-electron chi connectivity index (χ4n) is 3.84. The molecular weight excluding hydrogens is 446 g/mol. The number of hydrogen-bond acceptors (Lipinski definition) is 7. The van der Waals surface area contributed by atoms with E-state index >= 15 is 0 Å². The number of ether oxygens (including phenoxy) is 2. The molecular formula is C26H31N5O4. The summed E-state index contributed by atoms with van der Waals surface area (Å²) < 4.78 is 13.3. The van der Waals surface area contributed by atoms with Gasteiger partial charge in [0.05, 0.1) is 18.7 Å².